The van der Waals surface area contributed by atoms with Gasteiger partial charge in [-0.2, -0.15) is 0 Å². The molecule has 5 rings (SSSR count). The number of nitrogens with one attached hydrogen (secondary N) is 2. The number of hydrogen-bond acceptors (Lipinski definition) is 6. The standard InChI is InChI=1S/C24H20ClN3O3S/c25-16-8-2-1-5-14(16)12-32-24-27-22-21(23(31)28-24)19(13-6-3-7-15(29)11-13)20-17(26-22)9-4-10-18(20)30/h1-3,5-8,11,19,29H,4,9-10,12H2,(H2,26,27,28,31)/t19-/m1/s1. The summed E-state index contributed by atoms with van der Waals surface area (Å²) >= 11 is 7.64. The zero-order valence-electron chi connectivity index (χ0n) is 17.0. The van der Waals surface area contributed by atoms with E-state index in [1.54, 1.807) is 18.2 Å². The van der Waals surface area contributed by atoms with Gasteiger partial charge in [0.05, 0.1) is 5.56 Å². The fraction of sp³-hybridized carbons (Fsp3) is 0.208. The molecule has 0 bridgehead atoms. The van der Waals surface area contributed by atoms with Crippen molar-refractivity contribution in [2.45, 2.75) is 36.1 Å². The molecule has 0 radical (unpaired) electrons. The van der Waals surface area contributed by atoms with Crippen LogP contribution in [0.15, 0.2) is 69.8 Å². The lowest BCUT2D eigenvalue weighted by Crippen LogP contribution is -2.32. The summed E-state index contributed by atoms with van der Waals surface area (Å²) in [5.41, 5.74) is 3.14. The van der Waals surface area contributed by atoms with Crippen molar-refractivity contribution in [1.29, 1.82) is 0 Å². The summed E-state index contributed by atoms with van der Waals surface area (Å²) < 4.78 is 0. The van der Waals surface area contributed by atoms with Crippen molar-refractivity contribution < 1.29 is 9.90 Å². The average Bonchev–Trinajstić information content (AvgIpc) is 2.77. The summed E-state index contributed by atoms with van der Waals surface area (Å²) in [5, 5.41) is 14.4. The van der Waals surface area contributed by atoms with Crippen molar-refractivity contribution in [3.8, 4) is 5.75 Å². The molecule has 0 amide bonds. The number of halogens is 1. The predicted octanol–water partition coefficient (Wildman–Crippen LogP) is 4.99. The van der Waals surface area contributed by atoms with Crippen LogP contribution in [0.1, 0.15) is 41.9 Å². The molecule has 0 fully saturated rings. The first kappa shape index (κ1) is 20.8. The van der Waals surface area contributed by atoms with Crippen LogP contribution >= 0.6 is 23.4 Å². The highest BCUT2D eigenvalue weighted by molar-refractivity contribution is 7.98. The third-order valence-corrected chi connectivity index (χ3v) is 7.05. The SMILES string of the molecule is O=C1CCCC2=C1[C@@H](c1cccc(O)c1)c1c(nc(SCc3ccccc3Cl)[nH]c1=O)N2. The summed E-state index contributed by atoms with van der Waals surface area (Å²) in [5.74, 6) is 0.555. The fourth-order valence-corrected chi connectivity index (χ4v) is 5.45. The molecule has 2 aliphatic rings. The van der Waals surface area contributed by atoms with Crippen LogP contribution < -0.4 is 10.9 Å². The van der Waals surface area contributed by atoms with Gasteiger partial charge >= 0.3 is 0 Å². The minimum Gasteiger partial charge on any atom is -0.508 e. The molecule has 1 atom stereocenters. The maximum atomic E-state index is 13.2. The van der Waals surface area contributed by atoms with Crippen LogP contribution in [-0.4, -0.2) is 20.9 Å². The molecule has 1 aliphatic carbocycles. The number of H-pyrrole nitrogens is 1. The molecule has 0 saturated carbocycles. The number of phenolic OH excluding ortho intramolecular Hbond substituents is 1. The Bertz CT molecular complexity index is 1320. The molecule has 1 aromatic heterocycles. The normalized spacial score (nSPS) is 17.5. The molecule has 162 valence electrons. The van der Waals surface area contributed by atoms with Crippen molar-refractivity contribution in [2.24, 2.45) is 0 Å². The van der Waals surface area contributed by atoms with Crippen molar-refractivity contribution in [2.75, 3.05) is 5.32 Å². The minimum absolute atomic E-state index is 0.0225. The van der Waals surface area contributed by atoms with Gasteiger partial charge in [0.15, 0.2) is 10.9 Å². The van der Waals surface area contributed by atoms with Gasteiger partial charge in [0.2, 0.25) is 0 Å². The number of anilines is 1. The topological polar surface area (TPSA) is 95.1 Å². The Morgan fingerprint density at radius 2 is 1.97 bits per heavy atom. The molecule has 0 spiro atoms. The first-order chi connectivity index (χ1) is 15.5. The van der Waals surface area contributed by atoms with Crippen LogP contribution in [0, 0.1) is 0 Å². The second-order valence-electron chi connectivity index (χ2n) is 7.84. The number of aromatic hydroxyl groups is 1. The first-order valence-electron chi connectivity index (χ1n) is 10.3. The van der Waals surface area contributed by atoms with Crippen LogP contribution in [0.2, 0.25) is 5.02 Å². The number of Topliss-reactive ketones (excluding diaryl/α,β-unsaturated/α-hetero) is 1. The maximum Gasteiger partial charge on any atom is 0.257 e. The number of carbonyl (C=O) groups is 1. The number of nitrogens with zero attached hydrogens (tertiary/aromatic N) is 1. The molecule has 1 aliphatic heterocycles. The monoisotopic (exact) mass is 465 g/mol. The number of fused-ring (bicyclic) bond motifs is 1. The molecule has 6 nitrogen and oxygen atoms in total. The van der Waals surface area contributed by atoms with E-state index in [9.17, 15) is 14.7 Å². The third-order valence-electron chi connectivity index (χ3n) is 5.76. The van der Waals surface area contributed by atoms with Crippen molar-refractivity contribution >= 4 is 35.0 Å². The highest BCUT2D eigenvalue weighted by Gasteiger charge is 2.37. The van der Waals surface area contributed by atoms with Crippen LogP contribution in [0.25, 0.3) is 0 Å². The van der Waals surface area contributed by atoms with Gasteiger partial charge in [0.25, 0.3) is 5.56 Å². The number of hydrogen-bond donors (Lipinski definition) is 3. The Morgan fingerprint density at radius 3 is 2.78 bits per heavy atom. The molecule has 2 heterocycles. The second-order valence-corrected chi connectivity index (χ2v) is 9.21. The van der Waals surface area contributed by atoms with Crippen LogP contribution in [0.4, 0.5) is 5.82 Å². The predicted molar refractivity (Wildman–Crippen MR) is 125 cm³/mol. The Labute approximate surface area is 193 Å². The van der Waals surface area contributed by atoms with Gasteiger partial charge in [-0.25, -0.2) is 4.98 Å². The summed E-state index contributed by atoms with van der Waals surface area (Å²) in [6.45, 7) is 0. The van der Waals surface area contributed by atoms with E-state index in [0.717, 1.165) is 17.7 Å². The highest BCUT2D eigenvalue weighted by Crippen LogP contribution is 2.44. The number of carbonyl (C=O) groups excluding carboxylic acids is 1. The Kier molecular flexibility index (Phi) is 5.53. The van der Waals surface area contributed by atoms with E-state index < -0.39 is 5.92 Å². The lowest BCUT2D eigenvalue weighted by Gasteiger charge is -2.32. The van der Waals surface area contributed by atoms with Gasteiger partial charge in [-0.15, -0.1) is 0 Å². The van der Waals surface area contributed by atoms with E-state index in [0.29, 0.717) is 51.3 Å². The van der Waals surface area contributed by atoms with Crippen molar-refractivity contribution in [1.82, 2.24) is 9.97 Å². The first-order valence-corrected chi connectivity index (χ1v) is 11.7. The number of rotatable bonds is 4. The molecule has 0 saturated heterocycles. The Balaban J connectivity index is 1.57. The minimum atomic E-state index is -0.569. The van der Waals surface area contributed by atoms with E-state index in [1.165, 1.54) is 11.8 Å². The largest absolute Gasteiger partial charge is 0.508 e. The summed E-state index contributed by atoms with van der Waals surface area (Å²) in [4.78, 5) is 33.7. The Hall–Kier alpha value is -3.03. The summed E-state index contributed by atoms with van der Waals surface area (Å²) in [7, 11) is 0. The van der Waals surface area contributed by atoms with E-state index in [1.807, 2.05) is 30.3 Å². The number of allylic oxidation sites excluding steroid dienone is 2. The number of aromatic amines is 1. The zero-order valence-corrected chi connectivity index (χ0v) is 18.6. The van der Waals surface area contributed by atoms with E-state index in [2.05, 4.69) is 15.3 Å². The van der Waals surface area contributed by atoms with Crippen LogP contribution in [0.5, 0.6) is 5.75 Å². The molecule has 8 heteroatoms. The van der Waals surface area contributed by atoms with E-state index in [4.69, 9.17) is 11.6 Å². The molecule has 32 heavy (non-hydrogen) atoms. The summed E-state index contributed by atoms with van der Waals surface area (Å²) in [6.07, 6.45) is 1.92. The smallest absolute Gasteiger partial charge is 0.257 e. The van der Waals surface area contributed by atoms with Gasteiger partial charge in [-0.1, -0.05) is 53.7 Å². The lowest BCUT2D eigenvalue weighted by atomic mass is 9.76. The fourth-order valence-electron chi connectivity index (χ4n) is 4.31. The third kappa shape index (κ3) is 3.82. The zero-order chi connectivity index (χ0) is 22.2. The van der Waals surface area contributed by atoms with Crippen molar-refractivity contribution in [3.63, 3.8) is 0 Å². The van der Waals surface area contributed by atoms with Gasteiger partial charge in [-0.3, -0.25) is 9.59 Å². The number of thioether (sulfide) groups is 1. The average molecular weight is 466 g/mol. The molecule has 3 aromatic rings. The second kappa shape index (κ2) is 8.48. The number of benzene rings is 2. The maximum absolute atomic E-state index is 13.2. The van der Waals surface area contributed by atoms with E-state index in [-0.39, 0.29) is 17.1 Å². The lowest BCUT2D eigenvalue weighted by molar-refractivity contribution is -0.116. The number of aromatic nitrogens is 2. The van der Waals surface area contributed by atoms with Gasteiger partial charge < -0.3 is 15.4 Å². The number of ketones is 1. The molecule has 2 aromatic carbocycles. The van der Waals surface area contributed by atoms with Gasteiger partial charge in [-0.05, 0) is 42.2 Å². The quantitative estimate of drug-likeness (QED) is 0.371. The van der Waals surface area contributed by atoms with Gasteiger partial charge in [0, 0.05) is 34.4 Å². The molecule has 3 N–H and O–H groups in total. The van der Waals surface area contributed by atoms with Gasteiger partial charge in [0.1, 0.15) is 11.6 Å². The van der Waals surface area contributed by atoms with E-state index >= 15 is 0 Å². The molecular formula is C24H20ClN3O3S. The number of phenols is 1. The van der Waals surface area contributed by atoms with Crippen LogP contribution in [-0.2, 0) is 10.5 Å². The highest BCUT2D eigenvalue weighted by atomic mass is 35.5. The van der Waals surface area contributed by atoms with Crippen molar-refractivity contribution in [3.05, 3.63) is 91.9 Å². The van der Waals surface area contributed by atoms with Crippen LogP contribution in [0.3, 0.4) is 0 Å². The molecule has 0 unspecified atom stereocenters. The Morgan fingerprint density at radius 1 is 1.12 bits per heavy atom. The summed E-state index contributed by atoms with van der Waals surface area (Å²) in [6, 6.07) is 14.3. The molecular weight excluding hydrogens is 446 g/mol.